The quantitative estimate of drug-likeness (QED) is 0.477. The van der Waals surface area contributed by atoms with E-state index < -0.39 is 11.5 Å². The number of esters is 1. The van der Waals surface area contributed by atoms with Crippen LogP contribution in [-0.2, 0) is 14.3 Å². The van der Waals surface area contributed by atoms with Gasteiger partial charge in [0.05, 0.1) is 11.5 Å². The Morgan fingerprint density at radius 1 is 1.12 bits per heavy atom. The Labute approximate surface area is 192 Å². The molecule has 32 heavy (non-hydrogen) atoms. The molecule has 5 aliphatic rings. The van der Waals surface area contributed by atoms with Crippen molar-refractivity contribution < 1.29 is 19.4 Å². The average Bonchev–Trinajstić information content (AvgIpc) is 3.11. The second kappa shape index (κ2) is 7.41. The lowest BCUT2D eigenvalue weighted by molar-refractivity contribution is -0.151. The zero-order chi connectivity index (χ0) is 23.0. The third-order valence-electron chi connectivity index (χ3n) is 10.7. The molecule has 0 aromatic heterocycles. The molecule has 0 amide bonds. The maximum atomic E-state index is 13.1. The molecule has 0 bridgehead atoms. The number of hydrogen-bond acceptors (Lipinski definition) is 4. The Kier molecular flexibility index (Phi) is 5.13. The van der Waals surface area contributed by atoms with Gasteiger partial charge in [0.1, 0.15) is 6.10 Å². The number of aliphatic hydroxyl groups is 1. The van der Waals surface area contributed by atoms with Crippen LogP contribution in [0.15, 0.2) is 34.9 Å². The highest BCUT2D eigenvalue weighted by atomic mass is 16.5. The van der Waals surface area contributed by atoms with E-state index in [1.54, 1.807) is 12.2 Å². The first-order valence-electron chi connectivity index (χ1n) is 12.6. The number of carbonyl (C=O) groups is 2. The van der Waals surface area contributed by atoms with Crippen LogP contribution in [0.2, 0.25) is 0 Å². The Bertz CT molecular complexity index is 941. The zero-order valence-corrected chi connectivity index (χ0v) is 20.2. The number of hydrogen-bond donors (Lipinski definition) is 1. The van der Waals surface area contributed by atoms with E-state index in [0.29, 0.717) is 29.6 Å². The van der Waals surface area contributed by atoms with Gasteiger partial charge < -0.3 is 9.84 Å². The third kappa shape index (κ3) is 2.90. The fourth-order valence-corrected chi connectivity index (χ4v) is 8.58. The van der Waals surface area contributed by atoms with Crippen molar-refractivity contribution in [2.45, 2.75) is 85.4 Å². The summed E-state index contributed by atoms with van der Waals surface area (Å²) in [6, 6.07) is 0. The molecule has 1 heterocycles. The zero-order valence-electron chi connectivity index (χ0n) is 20.2. The van der Waals surface area contributed by atoms with Gasteiger partial charge in [-0.25, -0.2) is 4.79 Å². The predicted molar refractivity (Wildman–Crippen MR) is 124 cm³/mol. The summed E-state index contributed by atoms with van der Waals surface area (Å²) in [5.41, 5.74) is 2.54. The Morgan fingerprint density at radius 3 is 2.59 bits per heavy atom. The molecule has 5 rings (SSSR count). The number of allylic oxidation sites excluding steroid dienone is 2. The summed E-state index contributed by atoms with van der Waals surface area (Å²) in [7, 11) is 0. The standard InChI is InChI=1S/C28H38O4/c1-15-14-24(32-26(31)16(15)2)17(3)19-8-9-20-18-6-7-22-23(29)10-11-25(30)28(22,5)21(18)12-13-27(19,20)4/h7,10-11,17-21,23-24,29H,6,8-9,12-14H2,1-5H3/t17-,18-,19+,20-,21-,23-,24+,27+,28+/m0/s1. The number of ether oxygens (including phenoxy) is 1. The van der Waals surface area contributed by atoms with Gasteiger partial charge in [0, 0.05) is 12.0 Å². The van der Waals surface area contributed by atoms with E-state index in [-0.39, 0.29) is 23.3 Å². The number of aliphatic hydroxyl groups excluding tert-OH is 1. The number of carbonyl (C=O) groups excluding carboxylic acids is 2. The van der Waals surface area contributed by atoms with E-state index in [2.05, 4.69) is 33.8 Å². The molecule has 4 nitrogen and oxygen atoms in total. The van der Waals surface area contributed by atoms with E-state index in [4.69, 9.17) is 4.74 Å². The van der Waals surface area contributed by atoms with E-state index in [1.807, 2.05) is 6.92 Å². The monoisotopic (exact) mass is 438 g/mol. The normalized spacial score (nSPS) is 46.8. The first-order valence-corrected chi connectivity index (χ1v) is 12.6. The van der Waals surface area contributed by atoms with Gasteiger partial charge in [-0.15, -0.1) is 0 Å². The van der Waals surface area contributed by atoms with E-state index in [1.165, 1.54) is 18.4 Å². The third-order valence-corrected chi connectivity index (χ3v) is 10.7. The van der Waals surface area contributed by atoms with Crippen LogP contribution >= 0.6 is 0 Å². The topological polar surface area (TPSA) is 63.6 Å². The highest BCUT2D eigenvalue weighted by Gasteiger charge is 2.61. The molecule has 2 fully saturated rings. The molecule has 0 radical (unpaired) electrons. The van der Waals surface area contributed by atoms with Crippen molar-refractivity contribution in [2.24, 2.45) is 40.4 Å². The van der Waals surface area contributed by atoms with Crippen LogP contribution in [-0.4, -0.2) is 29.1 Å². The number of rotatable bonds is 2. The van der Waals surface area contributed by atoms with Crippen molar-refractivity contribution in [3.8, 4) is 0 Å². The Hall–Kier alpha value is -1.68. The van der Waals surface area contributed by atoms with Gasteiger partial charge in [0.15, 0.2) is 5.78 Å². The van der Waals surface area contributed by atoms with Gasteiger partial charge in [0.25, 0.3) is 0 Å². The summed E-state index contributed by atoms with van der Waals surface area (Å²) in [5, 5.41) is 10.6. The SMILES string of the molecule is CC1=C(C)C(=O)O[C@@H]([C@@H](C)[C@H]2CC[C@H]3[C@@H]4CC=C5[C@@H](O)C=CC(=O)[C@]5(C)[C@H]4CC[C@]23C)C1. The minimum atomic E-state index is -0.621. The van der Waals surface area contributed by atoms with Gasteiger partial charge in [-0.1, -0.05) is 25.5 Å². The molecule has 4 heteroatoms. The van der Waals surface area contributed by atoms with Crippen LogP contribution in [0.4, 0.5) is 0 Å². The maximum Gasteiger partial charge on any atom is 0.333 e. The van der Waals surface area contributed by atoms with Crippen molar-refractivity contribution in [3.63, 3.8) is 0 Å². The van der Waals surface area contributed by atoms with E-state index in [0.717, 1.165) is 36.8 Å². The van der Waals surface area contributed by atoms with Crippen LogP contribution in [0.1, 0.15) is 73.1 Å². The molecular weight excluding hydrogens is 400 g/mol. The molecule has 174 valence electrons. The highest BCUT2D eigenvalue weighted by Crippen LogP contribution is 2.66. The minimum Gasteiger partial charge on any atom is -0.458 e. The number of fused-ring (bicyclic) bond motifs is 5. The molecule has 0 unspecified atom stereocenters. The number of ketones is 1. The fraction of sp³-hybridized carbons (Fsp3) is 0.714. The molecule has 2 saturated carbocycles. The molecule has 0 saturated heterocycles. The molecule has 4 aliphatic carbocycles. The summed E-state index contributed by atoms with van der Waals surface area (Å²) in [4.78, 5) is 25.5. The first-order chi connectivity index (χ1) is 15.1. The van der Waals surface area contributed by atoms with E-state index in [9.17, 15) is 14.7 Å². The Balaban J connectivity index is 1.41. The number of cyclic esters (lactones) is 1. The van der Waals surface area contributed by atoms with E-state index >= 15 is 0 Å². The highest BCUT2D eigenvalue weighted by molar-refractivity contribution is 5.99. The maximum absolute atomic E-state index is 13.1. The lowest BCUT2D eigenvalue weighted by atomic mass is 9.47. The molecule has 9 atom stereocenters. The molecule has 0 spiro atoms. The summed E-state index contributed by atoms with van der Waals surface area (Å²) >= 11 is 0. The Morgan fingerprint density at radius 2 is 1.88 bits per heavy atom. The van der Waals surface area contributed by atoms with Crippen molar-refractivity contribution in [1.82, 2.24) is 0 Å². The van der Waals surface area contributed by atoms with Crippen molar-refractivity contribution in [2.75, 3.05) is 0 Å². The van der Waals surface area contributed by atoms with Crippen molar-refractivity contribution in [3.05, 3.63) is 34.9 Å². The van der Waals surface area contributed by atoms with Crippen LogP contribution in [0, 0.1) is 40.4 Å². The van der Waals surface area contributed by atoms with Gasteiger partial charge in [0.2, 0.25) is 0 Å². The summed E-state index contributed by atoms with van der Waals surface area (Å²) in [6.45, 7) is 10.8. The average molecular weight is 439 g/mol. The molecule has 0 aromatic rings. The summed E-state index contributed by atoms with van der Waals surface area (Å²) < 4.78 is 5.90. The van der Waals surface area contributed by atoms with Crippen LogP contribution < -0.4 is 0 Å². The van der Waals surface area contributed by atoms with Crippen LogP contribution in [0.5, 0.6) is 0 Å². The molecule has 1 N–H and O–H groups in total. The fourth-order valence-electron chi connectivity index (χ4n) is 8.58. The smallest absolute Gasteiger partial charge is 0.333 e. The van der Waals surface area contributed by atoms with Gasteiger partial charge >= 0.3 is 5.97 Å². The molecule has 1 aliphatic heterocycles. The second-order valence-electron chi connectivity index (χ2n) is 11.8. The lowest BCUT2D eigenvalue weighted by Crippen LogP contribution is -2.54. The molecular formula is C28H38O4. The second-order valence-corrected chi connectivity index (χ2v) is 11.8. The largest absolute Gasteiger partial charge is 0.458 e. The lowest BCUT2D eigenvalue weighted by Gasteiger charge is -2.57. The minimum absolute atomic E-state index is 0.0277. The van der Waals surface area contributed by atoms with Crippen LogP contribution in [0.3, 0.4) is 0 Å². The predicted octanol–water partition coefficient (Wildman–Crippen LogP) is 5.17. The van der Waals surface area contributed by atoms with Gasteiger partial charge in [-0.3, -0.25) is 4.79 Å². The van der Waals surface area contributed by atoms with Crippen LogP contribution in [0.25, 0.3) is 0 Å². The first kappa shape index (κ1) is 22.1. The summed E-state index contributed by atoms with van der Waals surface area (Å²) in [5.74, 6) is 2.26. The van der Waals surface area contributed by atoms with Crippen molar-refractivity contribution >= 4 is 11.8 Å². The van der Waals surface area contributed by atoms with Gasteiger partial charge in [-0.2, -0.15) is 0 Å². The summed E-state index contributed by atoms with van der Waals surface area (Å²) in [6.07, 6.45) is 11.1. The van der Waals surface area contributed by atoms with Crippen molar-refractivity contribution in [1.29, 1.82) is 0 Å². The molecule has 0 aromatic carbocycles. The van der Waals surface area contributed by atoms with Gasteiger partial charge in [-0.05, 0) is 106 Å².